The number of aromatic nitrogens is 2. The molecule has 1 N–H and O–H groups in total. The number of ether oxygens (including phenoxy) is 2. The molecule has 0 aliphatic carbocycles. The van der Waals surface area contributed by atoms with Crippen LogP contribution in [0, 0.1) is 6.92 Å². The molecule has 2 aromatic heterocycles. The van der Waals surface area contributed by atoms with Gasteiger partial charge >= 0.3 is 0 Å². The monoisotopic (exact) mass is 419 g/mol. The molecule has 0 radical (unpaired) electrons. The highest BCUT2D eigenvalue weighted by atomic mass is 32.1. The number of hydrogen-bond acceptors (Lipinski definition) is 6. The van der Waals surface area contributed by atoms with Crippen molar-refractivity contribution >= 4 is 33.3 Å². The Hall–Kier alpha value is -3.45. The lowest BCUT2D eigenvalue weighted by molar-refractivity contribution is -0.118. The Kier molecular flexibility index (Phi) is 5.90. The van der Waals surface area contributed by atoms with Crippen LogP contribution in [0.15, 0.2) is 60.8 Å². The van der Waals surface area contributed by atoms with Gasteiger partial charge in [0.05, 0.1) is 6.61 Å². The van der Waals surface area contributed by atoms with Crippen molar-refractivity contribution < 1.29 is 14.3 Å². The van der Waals surface area contributed by atoms with Gasteiger partial charge in [-0.3, -0.25) is 4.79 Å². The summed E-state index contributed by atoms with van der Waals surface area (Å²) in [6, 6.07) is 16.9. The smallest absolute Gasteiger partial charge is 0.262 e. The van der Waals surface area contributed by atoms with E-state index < -0.39 is 0 Å². The number of fused-ring (bicyclic) bond motifs is 1. The Labute approximate surface area is 178 Å². The third kappa shape index (κ3) is 4.58. The minimum Gasteiger partial charge on any atom is -0.494 e. The predicted molar refractivity (Wildman–Crippen MR) is 119 cm³/mol. The number of carbonyl (C=O) groups is 1. The zero-order valence-electron chi connectivity index (χ0n) is 16.7. The number of anilines is 1. The minimum absolute atomic E-state index is 0.0707. The van der Waals surface area contributed by atoms with E-state index in [4.69, 9.17) is 9.47 Å². The Bertz CT molecular complexity index is 1140. The van der Waals surface area contributed by atoms with Crippen molar-refractivity contribution in [3.8, 4) is 22.1 Å². The minimum atomic E-state index is -0.219. The molecular formula is C23H21N3O3S. The number of hydrogen-bond donors (Lipinski definition) is 1. The van der Waals surface area contributed by atoms with Crippen LogP contribution < -0.4 is 14.8 Å². The number of carbonyl (C=O) groups excluding carboxylic acids is 1. The first-order valence-electron chi connectivity index (χ1n) is 9.60. The molecule has 0 bridgehead atoms. The maximum absolute atomic E-state index is 12.3. The van der Waals surface area contributed by atoms with Gasteiger partial charge in [-0.15, -0.1) is 0 Å². The van der Waals surface area contributed by atoms with E-state index in [1.165, 1.54) is 0 Å². The summed E-state index contributed by atoms with van der Waals surface area (Å²) < 4.78 is 11.0. The van der Waals surface area contributed by atoms with E-state index >= 15 is 0 Å². The summed E-state index contributed by atoms with van der Waals surface area (Å²) in [5, 5.41) is 3.81. The fourth-order valence-corrected chi connectivity index (χ4v) is 3.87. The van der Waals surface area contributed by atoms with Crippen LogP contribution in [0.3, 0.4) is 0 Å². The second-order valence-corrected chi connectivity index (χ2v) is 7.60. The van der Waals surface area contributed by atoms with Crippen LogP contribution in [0.25, 0.3) is 20.9 Å². The number of benzene rings is 2. The zero-order valence-corrected chi connectivity index (χ0v) is 17.5. The van der Waals surface area contributed by atoms with Crippen LogP contribution in [0.1, 0.15) is 12.5 Å². The highest BCUT2D eigenvalue weighted by Gasteiger charge is 2.10. The van der Waals surface area contributed by atoms with Gasteiger partial charge in [0.15, 0.2) is 6.61 Å². The Morgan fingerprint density at radius 3 is 2.53 bits per heavy atom. The summed E-state index contributed by atoms with van der Waals surface area (Å²) in [5.74, 6) is 1.17. The van der Waals surface area contributed by atoms with E-state index in [0.29, 0.717) is 12.4 Å². The second kappa shape index (κ2) is 8.92. The molecule has 7 heteroatoms. The molecule has 4 rings (SSSR count). The fraction of sp³-hybridized carbons (Fsp3) is 0.174. The van der Waals surface area contributed by atoms with E-state index in [0.717, 1.165) is 37.9 Å². The molecule has 0 saturated carbocycles. The molecule has 0 fully saturated rings. The van der Waals surface area contributed by atoms with E-state index in [1.807, 2.05) is 56.3 Å². The SMILES string of the molecule is CCOc1ccc(OCC(=O)Nc2ccc(-c3nc4cccnc4s3)cc2C)cc1. The number of thiazole rings is 1. The van der Waals surface area contributed by atoms with Crippen LogP contribution in [0.2, 0.25) is 0 Å². The van der Waals surface area contributed by atoms with E-state index in [9.17, 15) is 4.79 Å². The van der Waals surface area contributed by atoms with Crippen LogP contribution in [0.5, 0.6) is 11.5 Å². The van der Waals surface area contributed by atoms with Gasteiger partial charge in [0, 0.05) is 17.4 Å². The lowest BCUT2D eigenvalue weighted by Gasteiger charge is -2.11. The Balaban J connectivity index is 1.38. The molecular weight excluding hydrogens is 398 g/mol. The molecule has 6 nitrogen and oxygen atoms in total. The standard InChI is InChI=1S/C23H21N3O3S/c1-3-28-17-7-9-18(10-8-17)29-14-21(27)25-19-11-6-16(13-15(19)2)22-26-20-5-4-12-24-23(20)30-22/h4-13H,3,14H2,1-2H3,(H,25,27). The first kappa shape index (κ1) is 19.8. The number of rotatable bonds is 7. The number of nitrogens with zero attached hydrogens (tertiary/aromatic N) is 2. The van der Waals surface area contributed by atoms with Crippen molar-refractivity contribution in [2.75, 3.05) is 18.5 Å². The molecule has 0 saturated heterocycles. The first-order chi connectivity index (χ1) is 14.6. The van der Waals surface area contributed by atoms with Gasteiger partial charge in [-0.05, 0) is 74.0 Å². The van der Waals surface area contributed by atoms with E-state index in [-0.39, 0.29) is 12.5 Å². The topological polar surface area (TPSA) is 73.3 Å². The summed E-state index contributed by atoms with van der Waals surface area (Å²) in [7, 11) is 0. The molecule has 2 aromatic carbocycles. The summed E-state index contributed by atoms with van der Waals surface area (Å²) in [6.45, 7) is 4.42. The summed E-state index contributed by atoms with van der Waals surface area (Å²) in [6.07, 6.45) is 1.77. The van der Waals surface area contributed by atoms with Crippen molar-refractivity contribution in [2.45, 2.75) is 13.8 Å². The molecule has 0 aliphatic rings. The predicted octanol–water partition coefficient (Wildman–Crippen LogP) is 5.08. The van der Waals surface area contributed by atoms with Gasteiger partial charge in [0.25, 0.3) is 5.91 Å². The summed E-state index contributed by atoms with van der Waals surface area (Å²) in [5.41, 5.74) is 3.59. The number of pyridine rings is 1. The Morgan fingerprint density at radius 1 is 1.07 bits per heavy atom. The molecule has 2 heterocycles. The molecule has 152 valence electrons. The number of amides is 1. The normalized spacial score (nSPS) is 10.7. The largest absolute Gasteiger partial charge is 0.494 e. The van der Waals surface area contributed by atoms with Crippen molar-refractivity contribution in [1.82, 2.24) is 9.97 Å². The van der Waals surface area contributed by atoms with Gasteiger partial charge in [-0.25, -0.2) is 9.97 Å². The van der Waals surface area contributed by atoms with E-state index in [1.54, 1.807) is 29.7 Å². The first-order valence-corrected chi connectivity index (χ1v) is 10.4. The maximum atomic E-state index is 12.3. The summed E-state index contributed by atoms with van der Waals surface area (Å²) in [4.78, 5) is 22.2. The van der Waals surface area contributed by atoms with Gasteiger partial charge in [-0.2, -0.15) is 0 Å². The quantitative estimate of drug-likeness (QED) is 0.452. The molecule has 0 spiro atoms. The highest BCUT2D eigenvalue weighted by molar-refractivity contribution is 7.21. The van der Waals surface area contributed by atoms with Crippen LogP contribution in [-0.4, -0.2) is 29.1 Å². The molecule has 30 heavy (non-hydrogen) atoms. The third-order valence-electron chi connectivity index (χ3n) is 4.42. The molecule has 0 aliphatic heterocycles. The fourth-order valence-electron chi connectivity index (χ4n) is 2.96. The third-order valence-corrected chi connectivity index (χ3v) is 5.45. The van der Waals surface area contributed by atoms with Gasteiger partial charge in [0.1, 0.15) is 26.9 Å². The summed E-state index contributed by atoms with van der Waals surface area (Å²) >= 11 is 1.55. The van der Waals surface area contributed by atoms with Crippen molar-refractivity contribution in [1.29, 1.82) is 0 Å². The van der Waals surface area contributed by atoms with E-state index in [2.05, 4.69) is 15.3 Å². The lowest BCUT2D eigenvalue weighted by atomic mass is 10.1. The highest BCUT2D eigenvalue weighted by Crippen LogP contribution is 2.31. The second-order valence-electron chi connectivity index (χ2n) is 6.62. The number of nitrogens with one attached hydrogen (secondary N) is 1. The van der Waals surface area contributed by atoms with Crippen molar-refractivity contribution in [3.63, 3.8) is 0 Å². The van der Waals surface area contributed by atoms with Crippen LogP contribution in [0.4, 0.5) is 5.69 Å². The average molecular weight is 420 g/mol. The van der Waals surface area contributed by atoms with Gasteiger partial charge in [0.2, 0.25) is 0 Å². The van der Waals surface area contributed by atoms with Gasteiger partial charge in [-0.1, -0.05) is 11.3 Å². The zero-order chi connectivity index (χ0) is 20.9. The number of aryl methyl sites for hydroxylation is 1. The maximum Gasteiger partial charge on any atom is 0.262 e. The molecule has 4 aromatic rings. The molecule has 0 unspecified atom stereocenters. The Morgan fingerprint density at radius 2 is 1.83 bits per heavy atom. The average Bonchev–Trinajstić information content (AvgIpc) is 3.19. The van der Waals surface area contributed by atoms with Crippen molar-refractivity contribution in [2.24, 2.45) is 0 Å². The lowest BCUT2D eigenvalue weighted by Crippen LogP contribution is -2.20. The van der Waals surface area contributed by atoms with Crippen LogP contribution >= 0.6 is 11.3 Å². The van der Waals surface area contributed by atoms with Crippen molar-refractivity contribution in [3.05, 3.63) is 66.4 Å². The van der Waals surface area contributed by atoms with Gasteiger partial charge < -0.3 is 14.8 Å². The molecule has 1 amide bonds. The molecule has 0 atom stereocenters. The van der Waals surface area contributed by atoms with Crippen LogP contribution in [-0.2, 0) is 4.79 Å².